The van der Waals surface area contributed by atoms with Crippen LogP contribution in [0.5, 0.6) is 0 Å². The van der Waals surface area contributed by atoms with Crippen LogP contribution in [0.4, 0.5) is 4.39 Å². The van der Waals surface area contributed by atoms with Crippen molar-refractivity contribution in [2.75, 3.05) is 0 Å². The maximum absolute atomic E-state index is 13.3. The second-order valence-electron chi connectivity index (χ2n) is 8.03. The zero-order valence-electron chi connectivity index (χ0n) is 15.9. The molecular formula is C19H22FN5O2S. The van der Waals surface area contributed by atoms with Gasteiger partial charge in [-0.25, -0.2) is 27.2 Å². The Bertz CT molecular complexity index is 1120. The van der Waals surface area contributed by atoms with E-state index in [0.29, 0.717) is 6.42 Å². The first kappa shape index (κ1) is 18.8. The summed E-state index contributed by atoms with van der Waals surface area (Å²) in [6, 6.07) is 5.69. The van der Waals surface area contributed by atoms with Crippen LogP contribution in [-0.2, 0) is 23.5 Å². The smallest absolute Gasteiger partial charge is 0.260 e. The highest BCUT2D eigenvalue weighted by molar-refractivity contribution is 7.89. The Kier molecular flexibility index (Phi) is 4.39. The maximum atomic E-state index is 13.3. The lowest BCUT2D eigenvalue weighted by molar-refractivity contribution is 0.268. The molecule has 7 nitrogen and oxygen atoms in total. The average molecular weight is 403 g/mol. The van der Waals surface area contributed by atoms with Gasteiger partial charge in [-0.15, -0.1) is 0 Å². The quantitative estimate of drug-likeness (QED) is 0.726. The summed E-state index contributed by atoms with van der Waals surface area (Å²) in [7, 11) is -2.04. The van der Waals surface area contributed by atoms with E-state index in [1.165, 1.54) is 24.7 Å². The number of nitrogens with one attached hydrogen (secondary N) is 1. The van der Waals surface area contributed by atoms with Crippen molar-refractivity contribution in [3.63, 3.8) is 0 Å². The van der Waals surface area contributed by atoms with E-state index in [0.717, 1.165) is 23.4 Å². The van der Waals surface area contributed by atoms with Crippen LogP contribution in [0.1, 0.15) is 37.6 Å². The van der Waals surface area contributed by atoms with Gasteiger partial charge in [0.2, 0.25) is 0 Å². The molecule has 1 N–H and O–H groups in total. The summed E-state index contributed by atoms with van der Waals surface area (Å²) < 4.78 is 45.0. The monoisotopic (exact) mass is 403 g/mol. The Balaban J connectivity index is 1.72. The number of fused-ring (bicyclic) bond motifs is 1. The Morgan fingerprint density at radius 3 is 2.61 bits per heavy atom. The van der Waals surface area contributed by atoms with E-state index in [1.54, 1.807) is 34.6 Å². The van der Waals surface area contributed by atoms with Crippen LogP contribution in [0.25, 0.3) is 5.69 Å². The third-order valence-electron chi connectivity index (χ3n) is 5.00. The molecule has 0 saturated carbocycles. The molecule has 0 unspecified atom stereocenters. The van der Waals surface area contributed by atoms with E-state index in [4.69, 9.17) is 0 Å². The van der Waals surface area contributed by atoms with Gasteiger partial charge >= 0.3 is 0 Å². The molecule has 1 aliphatic carbocycles. The molecule has 2 heterocycles. The fourth-order valence-corrected chi connectivity index (χ4v) is 4.92. The van der Waals surface area contributed by atoms with Gasteiger partial charge in [-0.05, 0) is 42.5 Å². The molecule has 0 bridgehead atoms. The van der Waals surface area contributed by atoms with Gasteiger partial charge in [0.1, 0.15) is 5.82 Å². The molecule has 0 saturated heterocycles. The van der Waals surface area contributed by atoms with Crippen molar-refractivity contribution in [1.29, 1.82) is 0 Å². The highest BCUT2D eigenvalue weighted by atomic mass is 32.2. The summed E-state index contributed by atoms with van der Waals surface area (Å²) in [5.74, 6) is -0.314. The number of sulfonamides is 1. The van der Waals surface area contributed by atoms with Gasteiger partial charge in [-0.2, -0.15) is 5.10 Å². The van der Waals surface area contributed by atoms with Crippen molar-refractivity contribution in [2.24, 2.45) is 12.5 Å². The summed E-state index contributed by atoms with van der Waals surface area (Å²) in [6.07, 6.45) is 6.00. The average Bonchev–Trinajstić information content (AvgIpc) is 3.21. The molecule has 0 fully saturated rings. The van der Waals surface area contributed by atoms with Gasteiger partial charge < -0.3 is 4.57 Å². The summed E-state index contributed by atoms with van der Waals surface area (Å²) in [5, 5.41) is 4.45. The number of halogens is 1. The fourth-order valence-electron chi connectivity index (χ4n) is 3.73. The molecule has 28 heavy (non-hydrogen) atoms. The lowest BCUT2D eigenvalue weighted by Crippen LogP contribution is -2.36. The van der Waals surface area contributed by atoms with Crippen LogP contribution in [0.3, 0.4) is 0 Å². The lowest BCUT2D eigenvalue weighted by Gasteiger charge is -2.35. The minimum absolute atomic E-state index is 0.00847. The van der Waals surface area contributed by atoms with Gasteiger partial charge in [-0.1, -0.05) is 13.8 Å². The SMILES string of the molecule is Cn1cnc(S(=O)(=O)N[C@H]2CC(C)(C)Cc3c2cnn3-c2ccc(F)cc2)c1. The fraction of sp³-hybridized carbons (Fsp3) is 0.368. The van der Waals surface area contributed by atoms with Crippen LogP contribution < -0.4 is 4.72 Å². The molecule has 1 atom stereocenters. The first-order valence-corrected chi connectivity index (χ1v) is 10.5. The number of rotatable bonds is 4. The molecular weight excluding hydrogens is 381 g/mol. The minimum Gasteiger partial charge on any atom is -0.339 e. The summed E-state index contributed by atoms with van der Waals surface area (Å²) in [5.41, 5.74) is 2.37. The Morgan fingerprint density at radius 2 is 1.96 bits per heavy atom. The molecule has 0 aliphatic heterocycles. The van der Waals surface area contributed by atoms with E-state index in [9.17, 15) is 12.8 Å². The van der Waals surface area contributed by atoms with E-state index in [2.05, 4.69) is 28.7 Å². The first-order chi connectivity index (χ1) is 13.1. The molecule has 2 aromatic heterocycles. The molecule has 3 aromatic rings. The lowest BCUT2D eigenvalue weighted by atomic mass is 9.74. The Labute approximate surface area is 163 Å². The van der Waals surface area contributed by atoms with E-state index in [-0.39, 0.29) is 16.3 Å². The number of nitrogens with zero attached hydrogens (tertiary/aromatic N) is 4. The molecule has 1 aliphatic rings. The van der Waals surface area contributed by atoms with Crippen LogP contribution in [0.15, 0.2) is 48.0 Å². The molecule has 148 valence electrons. The highest BCUT2D eigenvalue weighted by Crippen LogP contribution is 2.41. The standard InChI is InChI=1S/C19H22FN5O2S/c1-19(2)8-16(23-28(26,27)18-11-24(3)12-21-18)15-10-22-25(17(15)9-19)14-6-4-13(20)5-7-14/h4-7,10-12,16,23H,8-9H2,1-3H3/t16-/m0/s1. The summed E-state index contributed by atoms with van der Waals surface area (Å²) in [6.45, 7) is 4.19. The second kappa shape index (κ2) is 6.52. The molecule has 4 rings (SSSR count). The van der Waals surface area contributed by atoms with Gasteiger partial charge in [0.05, 0.1) is 24.3 Å². The van der Waals surface area contributed by atoms with E-state index >= 15 is 0 Å². The Hall–Kier alpha value is -2.52. The first-order valence-electron chi connectivity index (χ1n) is 8.98. The molecule has 0 amide bonds. The molecule has 9 heteroatoms. The summed E-state index contributed by atoms with van der Waals surface area (Å²) in [4.78, 5) is 3.96. The third-order valence-corrected chi connectivity index (χ3v) is 6.36. The maximum Gasteiger partial charge on any atom is 0.260 e. The second-order valence-corrected chi connectivity index (χ2v) is 9.69. The summed E-state index contributed by atoms with van der Waals surface area (Å²) >= 11 is 0. The van der Waals surface area contributed by atoms with Crippen LogP contribution in [0, 0.1) is 11.2 Å². The largest absolute Gasteiger partial charge is 0.339 e. The number of benzene rings is 1. The van der Waals surface area contributed by atoms with E-state index in [1.807, 2.05) is 0 Å². The van der Waals surface area contributed by atoms with Crippen molar-refractivity contribution in [2.45, 2.75) is 37.8 Å². The van der Waals surface area contributed by atoms with Gasteiger partial charge in [0, 0.05) is 24.5 Å². The topological polar surface area (TPSA) is 81.8 Å². The van der Waals surface area contributed by atoms with Crippen LogP contribution in [0.2, 0.25) is 0 Å². The number of hydrogen-bond donors (Lipinski definition) is 1. The van der Waals surface area contributed by atoms with E-state index < -0.39 is 16.1 Å². The van der Waals surface area contributed by atoms with Crippen LogP contribution in [-0.4, -0.2) is 27.7 Å². The van der Waals surface area contributed by atoms with Crippen molar-refractivity contribution >= 4 is 10.0 Å². The molecule has 0 spiro atoms. The minimum atomic E-state index is -3.76. The number of aryl methyl sites for hydroxylation is 1. The zero-order chi connectivity index (χ0) is 20.1. The van der Waals surface area contributed by atoms with Gasteiger partial charge in [0.25, 0.3) is 10.0 Å². The highest BCUT2D eigenvalue weighted by Gasteiger charge is 2.37. The van der Waals surface area contributed by atoms with Gasteiger partial charge in [0.15, 0.2) is 5.03 Å². The Morgan fingerprint density at radius 1 is 1.25 bits per heavy atom. The predicted molar refractivity (Wildman–Crippen MR) is 102 cm³/mol. The third kappa shape index (κ3) is 3.47. The van der Waals surface area contributed by atoms with Crippen molar-refractivity contribution < 1.29 is 12.8 Å². The van der Waals surface area contributed by atoms with Crippen molar-refractivity contribution in [3.8, 4) is 5.69 Å². The van der Waals surface area contributed by atoms with Crippen molar-refractivity contribution in [3.05, 3.63) is 60.1 Å². The zero-order valence-corrected chi connectivity index (χ0v) is 16.7. The number of aromatic nitrogens is 4. The number of hydrogen-bond acceptors (Lipinski definition) is 4. The number of imidazole rings is 1. The normalized spacial score (nSPS) is 18.8. The van der Waals surface area contributed by atoms with Crippen molar-refractivity contribution in [1.82, 2.24) is 24.1 Å². The molecule has 1 aromatic carbocycles. The predicted octanol–water partition coefficient (Wildman–Crippen LogP) is 2.74. The van der Waals surface area contributed by atoms with Crippen LogP contribution >= 0.6 is 0 Å². The molecule has 0 radical (unpaired) electrons. The van der Waals surface area contributed by atoms with Gasteiger partial charge in [-0.3, -0.25) is 0 Å².